The van der Waals surface area contributed by atoms with E-state index in [0.29, 0.717) is 49.7 Å². The maximum atomic E-state index is 13.7. The number of hydrogen-bond acceptors (Lipinski definition) is 5. The third kappa shape index (κ3) is 5.34. The lowest BCUT2D eigenvalue weighted by atomic mass is 10.2. The van der Waals surface area contributed by atoms with Crippen LogP contribution in [0.25, 0.3) is 0 Å². The second-order valence-electron chi connectivity index (χ2n) is 7.94. The number of pyridine rings is 1. The van der Waals surface area contributed by atoms with Gasteiger partial charge in [-0.2, -0.15) is 0 Å². The van der Waals surface area contributed by atoms with Crippen molar-refractivity contribution >= 4 is 17.8 Å². The van der Waals surface area contributed by atoms with Crippen molar-refractivity contribution < 1.29 is 18.7 Å². The van der Waals surface area contributed by atoms with Crippen LogP contribution >= 0.6 is 0 Å². The number of aromatic nitrogens is 1. The molecular formula is C23H28FN5O3. The number of urea groups is 1. The van der Waals surface area contributed by atoms with Crippen molar-refractivity contribution in [1.82, 2.24) is 20.5 Å². The molecule has 0 radical (unpaired) electrons. The molecule has 2 N–H and O–H groups in total. The molecule has 4 rings (SSSR count). The van der Waals surface area contributed by atoms with Crippen LogP contribution in [0.2, 0.25) is 0 Å². The number of carbonyl (C=O) groups is 2. The van der Waals surface area contributed by atoms with E-state index in [0.717, 1.165) is 19.4 Å². The normalized spacial score (nSPS) is 18.5. The van der Waals surface area contributed by atoms with E-state index in [1.807, 2.05) is 4.90 Å². The molecule has 170 valence electrons. The summed E-state index contributed by atoms with van der Waals surface area (Å²) >= 11 is 0. The smallest absolute Gasteiger partial charge is 0.317 e. The van der Waals surface area contributed by atoms with Crippen LogP contribution in [0.15, 0.2) is 42.6 Å². The zero-order valence-corrected chi connectivity index (χ0v) is 17.9. The molecule has 0 bridgehead atoms. The number of nitrogens with one attached hydrogen (secondary N) is 2. The van der Waals surface area contributed by atoms with Crippen LogP contribution < -0.4 is 15.5 Å². The van der Waals surface area contributed by atoms with Gasteiger partial charge in [0.25, 0.3) is 5.91 Å². The fourth-order valence-electron chi connectivity index (χ4n) is 3.98. The molecule has 2 fully saturated rings. The van der Waals surface area contributed by atoms with Crippen molar-refractivity contribution in [1.29, 1.82) is 0 Å². The topological polar surface area (TPSA) is 86.8 Å². The van der Waals surface area contributed by atoms with Gasteiger partial charge in [-0.15, -0.1) is 0 Å². The van der Waals surface area contributed by atoms with Gasteiger partial charge in [-0.1, -0.05) is 18.2 Å². The minimum absolute atomic E-state index is 0.0745. The fraction of sp³-hybridized carbons (Fsp3) is 0.435. The Hall–Kier alpha value is -3.20. The van der Waals surface area contributed by atoms with Crippen LogP contribution in [0.4, 0.5) is 15.0 Å². The average Bonchev–Trinajstić information content (AvgIpc) is 3.36. The van der Waals surface area contributed by atoms with Crippen molar-refractivity contribution in [2.45, 2.75) is 25.5 Å². The molecule has 2 aliphatic rings. The molecular weight excluding hydrogens is 413 g/mol. The first kappa shape index (κ1) is 22.0. The van der Waals surface area contributed by atoms with E-state index in [1.54, 1.807) is 41.4 Å². The van der Waals surface area contributed by atoms with Crippen LogP contribution in [-0.4, -0.2) is 67.3 Å². The Morgan fingerprint density at radius 1 is 1.09 bits per heavy atom. The molecule has 0 aliphatic carbocycles. The van der Waals surface area contributed by atoms with E-state index in [4.69, 9.17) is 4.74 Å². The van der Waals surface area contributed by atoms with Gasteiger partial charge in [-0.25, -0.2) is 14.2 Å². The minimum Gasteiger partial charge on any atom is -0.376 e. The van der Waals surface area contributed by atoms with E-state index in [2.05, 4.69) is 15.6 Å². The molecule has 2 aromatic rings. The molecule has 2 aliphatic heterocycles. The Morgan fingerprint density at radius 2 is 1.91 bits per heavy atom. The highest BCUT2D eigenvalue weighted by Gasteiger charge is 2.25. The average molecular weight is 442 g/mol. The first-order valence-corrected chi connectivity index (χ1v) is 11.0. The highest BCUT2D eigenvalue weighted by Crippen LogP contribution is 2.20. The Kier molecular flexibility index (Phi) is 7.16. The summed E-state index contributed by atoms with van der Waals surface area (Å²) in [4.78, 5) is 33.4. The Labute approximate surface area is 186 Å². The maximum Gasteiger partial charge on any atom is 0.317 e. The van der Waals surface area contributed by atoms with E-state index >= 15 is 0 Å². The number of halogens is 1. The van der Waals surface area contributed by atoms with E-state index < -0.39 is 0 Å². The Morgan fingerprint density at radius 3 is 2.66 bits per heavy atom. The highest BCUT2D eigenvalue weighted by atomic mass is 19.1. The summed E-state index contributed by atoms with van der Waals surface area (Å²) in [6, 6.07) is 9.67. The summed E-state index contributed by atoms with van der Waals surface area (Å²) in [6.45, 7) is 3.44. The predicted molar refractivity (Wildman–Crippen MR) is 118 cm³/mol. The molecule has 2 saturated heterocycles. The number of amides is 3. The van der Waals surface area contributed by atoms with Crippen molar-refractivity contribution in [2.24, 2.45) is 0 Å². The number of benzene rings is 1. The SMILES string of the molecule is O=C(NC[C@H]1CCCO1)c1cccnc1N1CCN(C(=O)NCc2ccccc2F)CC1. The van der Waals surface area contributed by atoms with Gasteiger partial charge in [-0.3, -0.25) is 4.79 Å². The van der Waals surface area contributed by atoms with Crippen molar-refractivity contribution in [3.63, 3.8) is 0 Å². The zero-order chi connectivity index (χ0) is 22.3. The first-order chi connectivity index (χ1) is 15.6. The third-order valence-corrected chi connectivity index (χ3v) is 5.80. The molecule has 0 spiro atoms. The summed E-state index contributed by atoms with van der Waals surface area (Å²) in [6.07, 6.45) is 3.72. The summed E-state index contributed by atoms with van der Waals surface area (Å²) in [5, 5.41) is 5.72. The van der Waals surface area contributed by atoms with Gasteiger partial charge >= 0.3 is 6.03 Å². The monoisotopic (exact) mass is 441 g/mol. The van der Waals surface area contributed by atoms with Crippen molar-refractivity contribution in [3.8, 4) is 0 Å². The third-order valence-electron chi connectivity index (χ3n) is 5.80. The molecule has 3 amide bonds. The van der Waals surface area contributed by atoms with Crippen molar-refractivity contribution in [2.75, 3.05) is 44.2 Å². The second kappa shape index (κ2) is 10.4. The van der Waals surface area contributed by atoms with E-state index in [1.165, 1.54) is 6.07 Å². The van der Waals surface area contributed by atoms with E-state index in [9.17, 15) is 14.0 Å². The molecule has 0 unspecified atom stereocenters. The molecule has 32 heavy (non-hydrogen) atoms. The van der Waals surface area contributed by atoms with Crippen LogP contribution in [0.3, 0.4) is 0 Å². The summed E-state index contributed by atoms with van der Waals surface area (Å²) in [5.74, 6) is 0.107. The quantitative estimate of drug-likeness (QED) is 0.718. The molecule has 1 atom stereocenters. The van der Waals surface area contributed by atoms with Crippen LogP contribution in [0.1, 0.15) is 28.8 Å². The lowest BCUT2D eigenvalue weighted by Crippen LogP contribution is -2.52. The number of hydrogen-bond donors (Lipinski definition) is 2. The highest BCUT2D eigenvalue weighted by molar-refractivity contribution is 5.99. The molecule has 1 aromatic heterocycles. The van der Waals surface area contributed by atoms with Gasteiger partial charge in [0.2, 0.25) is 0 Å². The van der Waals surface area contributed by atoms with E-state index in [-0.39, 0.29) is 30.4 Å². The van der Waals surface area contributed by atoms with Crippen LogP contribution in [0.5, 0.6) is 0 Å². The number of ether oxygens (including phenoxy) is 1. The molecule has 1 aromatic carbocycles. The molecule has 3 heterocycles. The number of carbonyl (C=O) groups excluding carboxylic acids is 2. The Bertz CT molecular complexity index is 943. The Balaban J connectivity index is 1.30. The minimum atomic E-state index is -0.335. The standard InChI is InChI=1S/C23H28FN5O3/c24-20-8-2-1-5-17(20)15-27-23(31)29-12-10-28(11-13-29)21-19(7-3-9-25-21)22(30)26-16-18-6-4-14-32-18/h1-3,5,7-9,18H,4,6,10-16H2,(H,26,30)(H,27,31)/t18-/m1/s1. The van der Waals surface area contributed by atoms with Gasteiger partial charge in [-0.05, 0) is 31.0 Å². The second-order valence-corrected chi connectivity index (χ2v) is 7.94. The number of anilines is 1. The lowest BCUT2D eigenvalue weighted by Gasteiger charge is -2.36. The van der Waals surface area contributed by atoms with Gasteiger partial charge in [0.05, 0.1) is 11.7 Å². The van der Waals surface area contributed by atoms with Crippen molar-refractivity contribution in [3.05, 3.63) is 59.5 Å². The number of piperazine rings is 1. The predicted octanol–water partition coefficient (Wildman–Crippen LogP) is 2.16. The van der Waals surface area contributed by atoms with Crippen LogP contribution in [-0.2, 0) is 11.3 Å². The molecule has 0 saturated carbocycles. The molecule has 8 nitrogen and oxygen atoms in total. The summed E-state index contributed by atoms with van der Waals surface area (Å²) < 4.78 is 19.3. The number of nitrogens with zero attached hydrogens (tertiary/aromatic N) is 3. The lowest BCUT2D eigenvalue weighted by molar-refractivity contribution is 0.0857. The molecule has 9 heteroatoms. The zero-order valence-electron chi connectivity index (χ0n) is 17.9. The largest absolute Gasteiger partial charge is 0.376 e. The summed E-state index contributed by atoms with van der Waals surface area (Å²) in [7, 11) is 0. The maximum absolute atomic E-state index is 13.7. The first-order valence-electron chi connectivity index (χ1n) is 11.0. The van der Waals surface area contributed by atoms with Gasteiger partial charge < -0.3 is 25.2 Å². The van der Waals surface area contributed by atoms with Crippen LogP contribution in [0, 0.1) is 5.82 Å². The fourth-order valence-corrected chi connectivity index (χ4v) is 3.98. The van der Waals surface area contributed by atoms with Gasteiger partial charge in [0, 0.05) is 57.6 Å². The van der Waals surface area contributed by atoms with Gasteiger partial charge in [0.15, 0.2) is 0 Å². The summed E-state index contributed by atoms with van der Waals surface area (Å²) in [5.41, 5.74) is 0.967. The number of rotatable bonds is 6. The van der Waals surface area contributed by atoms with Gasteiger partial charge in [0.1, 0.15) is 11.6 Å².